The van der Waals surface area contributed by atoms with Crippen LogP contribution in [-0.2, 0) is 0 Å². The maximum absolute atomic E-state index is 2.65. The molecule has 0 aliphatic rings. The van der Waals surface area contributed by atoms with Crippen molar-refractivity contribution >= 4 is 14.1 Å². The van der Waals surface area contributed by atoms with Crippen molar-refractivity contribution in [2.45, 2.75) is 26.8 Å². The molecule has 0 amide bonds. The van der Waals surface area contributed by atoms with Crippen LogP contribution in [0.15, 0.2) is 30.3 Å². The van der Waals surface area contributed by atoms with Gasteiger partial charge in [-0.15, -0.1) is 0 Å². The van der Waals surface area contributed by atoms with Crippen molar-refractivity contribution in [3.63, 3.8) is 0 Å². The van der Waals surface area contributed by atoms with Crippen LogP contribution < -0.4 is 5.19 Å². The molecule has 0 saturated heterocycles. The Hall–Kier alpha value is -0.603. The largest absolute Gasteiger partial charge is 0.323 e. The second-order valence-electron chi connectivity index (χ2n) is 3.56. The lowest BCUT2D eigenvalue weighted by Crippen LogP contribution is -2.47. The van der Waals surface area contributed by atoms with Crippen LogP contribution >= 0.6 is 0 Å². The van der Waals surface area contributed by atoms with Gasteiger partial charge in [0, 0.05) is 0 Å². The first-order valence-corrected chi connectivity index (χ1v) is 7.53. The molecule has 0 spiro atoms. The first-order valence-electron chi connectivity index (χ1n) is 5.62. The van der Waals surface area contributed by atoms with Gasteiger partial charge in [-0.25, -0.2) is 0 Å². The van der Waals surface area contributed by atoms with Crippen LogP contribution in [0.4, 0.5) is 0 Å². The fourth-order valence-electron chi connectivity index (χ4n) is 2.04. The molecule has 0 bridgehead atoms. The van der Waals surface area contributed by atoms with Crippen molar-refractivity contribution < 1.29 is 0 Å². The third-order valence-electron chi connectivity index (χ3n) is 2.82. The standard InChI is InChI=1S/C12H21NSi/c1-4-13(5-2)14(6-3)12-10-8-7-9-11-12/h7-11,14H,4-6H2,1-3H3. The minimum absolute atomic E-state index is 0.853. The van der Waals surface area contributed by atoms with Crippen LogP contribution in [0.1, 0.15) is 20.8 Å². The summed E-state index contributed by atoms with van der Waals surface area (Å²) in [5.74, 6) is 0. The molecule has 0 radical (unpaired) electrons. The Morgan fingerprint density at radius 1 is 1.00 bits per heavy atom. The lowest BCUT2D eigenvalue weighted by Gasteiger charge is -2.27. The summed E-state index contributed by atoms with van der Waals surface area (Å²) in [6.45, 7) is 9.23. The predicted octanol–water partition coefficient (Wildman–Crippen LogP) is 1.98. The first-order chi connectivity index (χ1) is 6.83. The van der Waals surface area contributed by atoms with E-state index in [0.29, 0.717) is 0 Å². The Bertz CT molecular complexity index is 244. The molecule has 0 aliphatic heterocycles. The van der Waals surface area contributed by atoms with Gasteiger partial charge in [-0.3, -0.25) is 0 Å². The van der Waals surface area contributed by atoms with Crippen molar-refractivity contribution in [1.82, 2.24) is 4.57 Å². The van der Waals surface area contributed by atoms with Gasteiger partial charge < -0.3 is 4.57 Å². The minimum Gasteiger partial charge on any atom is -0.323 e. The van der Waals surface area contributed by atoms with E-state index in [9.17, 15) is 0 Å². The van der Waals surface area contributed by atoms with Crippen LogP contribution in [0.3, 0.4) is 0 Å². The minimum atomic E-state index is -0.853. The highest BCUT2D eigenvalue weighted by Crippen LogP contribution is 2.01. The molecule has 1 unspecified atom stereocenters. The summed E-state index contributed by atoms with van der Waals surface area (Å²) in [7, 11) is -0.853. The molecule has 1 nitrogen and oxygen atoms in total. The van der Waals surface area contributed by atoms with E-state index in [4.69, 9.17) is 0 Å². The van der Waals surface area contributed by atoms with Crippen molar-refractivity contribution in [1.29, 1.82) is 0 Å². The van der Waals surface area contributed by atoms with Gasteiger partial charge >= 0.3 is 0 Å². The maximum atomic E-state index is 2.65. The number of nitrogens with zero attached hydrogens (tertiary/aromatic N) is 1. The molecule has 0 N–H and O–H groups in total. The molecule has 0 aliphatic carbocycles. The van der Waals surface area contributed by atoms with E-state index in [0.717, 1.165) is 0 Å². The number of hydrogen-bond donors (Lipinski definition) is 0. The van der Waals surface area contributed by atoms with Crippen LogP contribution in [0.2, 0.25) is 6.04 Å². The van der Waals surface area contributed by atoms with E-state index in [1.165, 1.54) is 19.1 Å². The van der Waals surface area contributed by atoms with Gasteiger partial charge in [-0.1, -0.05) is 51.1 Å². The molecule has 78 valence electrons. The zero-order valence-electron chi connectivity index (χ0n) is 9.53. The molecule has 0 saturated carbocycles. The Kier molecular flexibility index (Phi) is 4.91. The van der Waals surface area contributed by atoms with Crippen molar-refractivity contribution in [2.75, 3.05) is 13.1 Å². The summed E-state index contributed by atoms with van der Waals surface area (Å²) in [6.07, 6.45) is 0. The van der Waals surface area contributed by atoms with Gasteiger partial charge in [-0.2, -0.15) is 0 Å². The third-order valence-corrected chi connectivity index (χ3v) is 6.36. The lowest BCUT2D eigenvalue weighted by atomic mass is 10.4. The van der Waals surface area contributed by atoms with Crippen LogP contribution in [0.25, 0.3) is 0 Å². The average molecular weight is 207 g/mol. The summed E-state index contributed by atoms with van der Waals surface area (Å²) in [5, 5.41) is 1.58. The molecular formula is C12H21NSi. The van der Waals surface area contributed by atoms with E-state index < -0.39 is 8.96 Å². The predicted molar refractivity (Wildman–Crippen MR) is 66.6 cm³/mol. The summed E-state index contributed by atoms with van der Waals surface area (Å²) < 4.78 is 2.65. The van der Waals surface area contributed by atoms with Gasteiger partial charge in [0.1, 0.15) is 8.96 Å². The summed E-state index contributed by atoms with van der Waals surface area (Å²) in [5.41, 5.74) is 0. The quantitative estimate of drug-likeness (QED) is 0.667. The highest BCUT2D eigenvalue weighted by atomic mass is 28.3. The van der Waals surface area contributed by atoms with Gasteiger partial charge in [0.05, 0.1) is 0 Å². The van der Waals surface area contributed by atoms with E-state index >= 15 is 0 Å². The number of hydrogen-bond acceptors (Lipinski definition) is 1. The van der Waals surface area contributed by atoms with Gasteiger partial charge in [0.15, 0.2) is 0 Å². The topological polar surface area (TPSA) is 3.24 Å². The number of benzene rings is 1. The van der Waals surface area contributed by atoms with Crippen LogP contribution in [-0.4, -0.2) is 26.6 Å². The summed E-state index contributed by atoms with van der Waals surface area (Å²) in [4.78, 5) is 0. The van der Waals surface area contributed by atoms with Gasteiger partial charge in [-0.05, 0) is 24.3 Å². The highest BCUT2D eigenvalue weighted by Gasteiger charge is 2.16. The van der Waals surface area contributed by atoms with Crippen LogP contribution in [0.5, 0.6) is 0 Å². The number of rotatable bonds is 5. The molecule has 0 fully saturated rings. The van der Waals surface area contributed by atoms with Crippen molar-refractivity contribution in [3.05, 3.63) is 30.3 Å². The fourth-order valence-corrected chi connectivity index (χ4v) is 5.00. The van der Waals surface area contributed by atoms with E-state index in [2.05, 4.69) is 55.7 Å². The molecule has 1 rings (SSSR count). The zero-order valence-corrected chi connectivity index (χ0v) is 10.7. The molecule has 1 atom stereocenters. The smallest absolute Gasteiger partial charge is 0.143 e. The van der Waals surface area contributed by atoms with E-state index in [1.807, 2.05) is 0 Å². The lowest BCUT2D eigenvalue weighted by molar-refractivity contribution is 0.484. The van der Waals surface area contributed by atoms with E-state index in [1.54, 1.807) is 5.19 Å². The Labute approximate surface area is 89.4 Å². The third kappa shape index (κ3) is 2.69. The molecule has 1 aromatic rings. The molecule has 2 heteroatoms. The maximum Gasteiger partial charge on any atom is 0.143 e. The fraction of sp³-hybridized carbons (Fsp3) is 0.500. The van der Waals surface area contributed by atoms with Gasteiger partial charge in [0.2, 0.25) is 0 Å². The molecule has 14 heavy (non-hydrogen) atoms. The monoisotopic (exact) mass is 207 g/mol. The second kappa shape index (κ2) is 5.99. The molecule has 1 aromatic carbocycles. The Morgan fingerprint density at radius 3 is 2.00 bits per heavy atom. The summed E-state index contributed by atoms with van der Waals surface area (Å²) in [6, 6.07) is 12.3. The average Bonchev–Trinajstić information content (AvgIpc) is 2.27. The van der Waals surface area contributed by atoms with E-state index in [-0.39, 0.29) is 0 Å². The summed E-state index contributed by atoms with van der Waals surface area (Å²) >= 11 is 0. The first kappa shape index (κ1) is 11.5. The molecule has 0 heterocycles. The van der Waals surface area contributed by atoms with Crippen LogP contribution in [0, 0.1) is 0 Å². The molecular weight excluding hydrogens is 186 g/mol. The zero-order chi connectivity index (χ0) is 10.4. The van der Waals surface area contributed by atoms with Gasteiger partial charge in [0.25, 0.3) is 0 Å². The normalized spacial score (nSPS) is 13.1. The van der Waals surface area contributed by atoms with Crippen molar-refractivity contribution in [2.24, 2.45) is 0 Å². The van der Waals surface area contributed by atoms with Crippen molar-refractivity contribution in [3.8, 4) is 0 Å². The second-order valence-corrected chi connectivity index (χ2v) is 6.80. The Balaban J connectivity index is 2.81. The SMILES string of the molecule is CCN(CC)[SiH](CC)c1ccccc1. The Morgan fingerprint density at radius 2 is 1.57 bits per heavy atom. The highest BCUT2D eigenvalue weighted by molar-refractivity contribution is 6.70. The molecule has 0 aromatic heterocycles.